The normalized spacial score (nSPS) is 20.5. The lowest BCUT2D eigenvalue weighted by Crippen LogP contribution is -2.54. The van der Waals surface area contributed by atoms with Crippen LogP contribution in [0.1, 0.15) is 9.67 Å². The first-order valence-electron chi connectivity index (χ1n) is 6.99. The molecule has 0 bridgehead atoms. The Bertz CT molecular complexity index is 503. The molecule has 0 radical (unpaired) electrons. The van der Waals surface area contributed by atoms with Gasteiger partial charge >= 0.3 is 0 Å². The summed E-state index contributed by atoms with van der Waals surface area (Å²) in [6, 6.07) is 0.329. The van der Waals surface area contributed by atoms with Crippen molar-refractivity contribution < 1.29 is 4.79 Å². The Morgan fingerprint density at radius 3 is 2.81 bits per heavy atom. The van der Waals surface area contributed by atoms with Gasteiger partial charge in [0.2, 0.25) is 0 Å². The largest absolute Gasteiger partial charge is 0.382 e. The highest BCUT2D eigenvalue weighted by molar-refractivity contribution is 7.18. The summed E-state index contributed by atoms with van der Waals surface area (Å²) < 4.78 is 0. The Balaban J connectivity index is 1.95. The van der Waals surface area contributed by atoms with Crippen LogP contribution in [0.3, 0.4) is 0 Å². The van der Waals surface area contributed by atoms with Crippen molar-refractivity contribution in [3.63, 3.8) is 0 Å². The molecule has 3 N–H and O–H groups in total. The number of amides is 1. The first-order valence-corrected chi connectivity index (χ1v) is 7.80. The van der Waals surface area contributed by atoms with Crippen molar-refractivity contribution in [2.75, 3.05) is 65.0 Å². The molecule has 1 atom stereocenters. The van der Waals surface area contributed by atoms with Gasteiger partial charge in [-0.15, -0.1) is 0 Å². The highest BCUT2D eigenvalue weighted by Crippen LogP contribution is 2.26. The van der Waals surface area contributed by atoms with Gasteiger partial charge in [0.15, 0.2) is 5.13 Å². The van der Waals surface area contributed by atoms with E-state index in [0.717, 1.165) is 24.8 Å². The van der Waals surface area contributed by atoms with E-state index in [1.54, 1.807) is 0 Å². The Hall–Kier alpha value is -1.38. The molecule has 1 aliphatic heterocycles. The van der Waals surface area contributed by atoms with Gasteiger partial charge in [0.25, 0.3) is 5.91 Å². The molecule has 1 fully saturated rings. The molecule has 0 saturated carbocycles. The summed E-state index contributed by atoms with van der Waals surface area (Å²) in [5.41, 5.74) is 5.83. The van der Waals surface area contributed by atoms with Crippen molar-refractivity contribution in [2.45, 2.75) is 6.04 Å². The van der Waals surface area contributed by atoms with Gasteiger partial charge in [0.05, 0.1) is 0 Å². The van der Waals surface area contributed by atoms with Crippen LogP contribution in [0, 0.1) is 0 Å². The molecule has 8 heteroatoms. The van der Waals surface area contributed by atoms with E-state index in [0.29, 0.717) is 23.3 Å². The van der Waals surface area contributed by atoms with Gasteiger partial charge in [-0.05, 0) is 14.1 Å². The Kier molecular flexibility index (Phi) is 5.02. The molecule has 0 spiro atoms. The first kappa shape index (κ1) is 16.0. The fourth-order valence-corrected chi connectivity index (χ4v) is 3.11. The molecule has 21 heavy (non-hydrogen) atoms. The van der Waals surface area contributed by atoms with Crippen molar-refractivity contribution in [3.8, 4) is 0 Å². The van der Waals surface area contributed by atoms with E-state index in [1.165, 1.54) is 11.3 Å². The van der Waals surface area contributed by atoms with Crippen LogP contribution < -0.4 is 16.0 Å². The van der Waals surface area contributed by atoms with Gasteiger partial charge in [-0.3, -0.25) is 9.69 Å². The molecule has 1 unspecified atom stereocenters. The molecule has 0 aliphatic carbocycles. The lowest BCUT2D eigenvalue weighted by atomic mass is 10.2. The zero-order valence-electron chi connectivity index (χ0n) is 13.1. The summed E-state index contributed by atoms with van der Waals surface area (Å²) in [6.07, 6.45) is 0. The van der Waals surface area contributed by atoms with Crippen molar-refractivity contribution >= 4 is 28.2 Å². The van der Waals surface area contributed by atoms with Crippen molar-refractivity contribution in [2.24, 2.45) is 0 Å². The van der Waals surface area contributed by atoms with Gasteiger partial charge in [-0.1, -0.05) is 11.3 Å². The Morgan fingerprint density at radius 2 is 2.19 bits per heavy atom. The molecule has 2 heterocycles. The number of nitrogens with zero attached hydrogens (tertiary/aromatic N) is 4. The molecule has 118 valence electrons. The van der Waals surface area contributed by atoms with Gasteiger partial charge in [0, 0.05) is 46.3 Å². The van der Waals surface area contributed by atoms with E-state index in [9.17, 15) is 4.79 Å². The van der Waals surface area contributed by atoms with Gasteiger partial charge < -0.3 is 20.9 Å². The average molecular weight is 312 g/mol. The summed E-state index contributed by atoms with van der Waals surface area (Å²) in [5, 5.41) is 3.72. The smallest absolute Gasteiger partial charge is 0.265 e. The monoisotopic (exact) mass is 312 g/mol. The number of nitrogens with two attached hydrogens (primary N) is 1. The summed E-state index contributed by atoms with van der Waals surface area (Å²) in [6.45, 7) is 3.66. The van der Waals surface area contributed by atoms with Gasteiger partial charge in [-0.2, -0.15) is 0 Å². The SMILES string of the molecule is CN1CCN(C)C(CNC(=O)c2sc(N(C)C)nc2N)C1. The second-order valence-electron chi connectivity index (χ2n) is 5.71. The third-order valence-corrected chi connectivity index (χ3v) is 4.95. The number of anilines is 2. The van der Waals surface area contributed by atoms with Crippen molar-refractivity contribution in [1.82, 2.24) is 20.1 Å². The molecule has 0 aromatic carbocycles. The lowest BCUT2D eigenvalue weighted by Gasteiger charge is -2.37. The molecule has 1 aromatic heterocycles. The number of hydrogen-bond donors (Lipinski definition) is 2. The van der Waals surface area contributed by atoms with Gasteiger partial charge in [0.1, 0.15) is 10.7 Å². The van der Waals surface area contributed by atoms with E-state index in [-0.39, 0.29) is 5.91 Å². The van der Waals surface area contributed by atoms with Crippen LogP contribution in [0.25, 0.3) is 0 Å². The first-order chi connectivity index (χ1) is 9.88. The van der Waals surface area contributed by atoms with Crippen LogP contribution in [-0.4, -0.2) is 81.1 Å². The number of likely N-dealkylation sites (N-methyl/N-ethyl adjacent to an activating group) is 2. The van der Waals surface area contributed by atoms with E-state index in [4.69, 9.17) is 5.73 Å². The average Bonchev–Trinajstić information content (AvgIpc) is 2.82. The van der Waals surface area contributed by atoms with Crippen LogP contribution in [-0.2, 0) is 0 Å². The third-order valence-electron chi connectivity index (χ3n) is 3.71. The molecule has 1 saturated heterocycles. The second-order valence-corrected chi connectivity index (χ2v) is 6.69. The van der Waals surface area contributed by atoms with Crippen LogP contribution >= 0.6 is 11.3 Å². The number of rotatable bonds is 4. The molecule has 1 amide bonds. The van der Waals surface area contributed by atoms with Crippen LogP contribution in [0.5, 0.6) is 0 Å². The molecule has 2 rings (SSSR count). The highest BCUT2D eigenvalue weighted by Gasteiger charge is 2.24. The number of nitrogen functional groups attached to an aromatic ring is 1. The van der Waals surface area contributed by atoms with Crippen molar-refractivity contribution in [3.05, 3.63) is 4.88 Å². The molecule has 1 aromatic rings. The quantitative estimate of drug-likeness (QED) is 0.799. The minimum Gasteiger partial charge on any atom is -0.382 e. The van der Waals surface area contributed by atoms with Crippen molar-refractivity contribution in [1.29, 1.82) is 0 Å². The van der Waals surface area contributed by atoms with Crippen LogP contribution in [0.4, 0.5) is 10.9 Å². The molecule has 1 aliphatic rings. The fourth-order valence-electron chi connectivity index (χ4n) is 2.29. The van der Waals surface area contributed by atoms with Crippen LogP contribution in [0.15, 0.2) is 0 Å². The lowest BCUT2D eigenvalue weighted by molar-refractivity contribution is 0.0885. The second kappa shape index (κ2) is 6.59. The Morgan fingerprint density at radius 1 is 1.48 bits per heavy atom. The zero-order chi connectivity index (χ0) is 15.6. The van der Waals surface area contributed by atoms with Crippen LogP contribution in [0.2, 0.25) is 0 Å². The topological polar surface area (TPSA) is 77.7 Å². The highest BCUT2D eigenvalue weighted by atomic mass is 32.1. The third kappa shape index (κ3) is 3.84. The summed E-state index contributed by atoms with van der Waals surface area (Å²) >= 11 is 1.32. The molecular weight excluding hydrogens is 288 g/mol. The molecule has 7 nitrogen and oxygen atoms in total. The summed E-state index contributed by atoms with van der Waals surface area (Å²) in [7, 11) is 7.96. The maximum absolute atomic E-state index is 12.3. The summed E-state index contributed by atoms with van der Waals surface area (Å²) in [4.78, 5) is 23.4. The predicted molar refractivity (Wildman–Crippen MR) is 87.1 cm³/mol. The predicted octanol–water partition coefficient (Wildman–Crippen LogP) is -0.233. The standard InChI is InChI=1S/C13H24N6OS/c1-17(2)13-16-11(14)10(21-13)12(20)15-7-9-8-18(3)5-6-19(9)4/h9H,5-8,14H2,1-4H3,(H,15,20). The Labute approximate surface area is 129 Å². The number of nitrogens with one attached hydrogen (secondary N) is 1. The fraction of sp³-hybridized carbons (Fsp3) is 0.692. The number of hydrogen-bond acceptors (Lipinski definition) is 7. The molecular formula is C13H24N6OS. The van der Waals surface area contributed by atoms with E-state index < -0.39 is 0 Å². The number of carbonyl (C=O) groups is 1. The number of carbonyl (C=O) groups excluding carboxylic acids is 1. The summed E-state index contributed by atoms with van der Waals surface area (Å²) in [5.74, 6) is 0.162. The van der Waals surface area contributed by atoms with Gasteiger partial charge in [-0.25, -0.2) is 4.98 Å². The number of thiazole rings is 1. The van der Waals surface area contributed by atoms with E-state index in [1.807, 2.05) is 19.0 Å². The minimum absolute atomic E-state index is 0.139. The number of aromatic nitrogens is 1. The maximum Gasteiger partial charge on any atom is 0.265 e. The maximum atomic E-state index is 12.3. The zero-order valence-corrected chi connectivity index (χ0v) is 13.9. The minimum atomic E-state index is -0.139. The van der Waals surface area contributed by atoms with E-state index in [2.05, 4.69) is 34.2 Å². The number of piperazine rings is 1. The van der Waals surface area contributed by atoms with E-state index >= 15 is 0 Å².